The van der Waals surface area contributed by atoms with E-state index in [9.17, 15) is 35.9 Å². The van der Waals surface area contributed by atoms with Crippen LogP contribution in [0.5, 0.6) is 5.75 Å². The van der Waals surface area contributed by atoms with Gasteiger partial charge in [0.2, 0.25) is 0 Å². The zero-order valence-electron chi connectivity index (χ0n) is 19.2. The largest absolute Gasteiger partial charge is 0.458 e. The maximum Gasteiger partial charge on any atom is 0.420 e. The molecule has 6 nitrogen and oxygen atoms in total. The summed E-state index contributed by atoms with van der Waals surface area (Å²) < 4.78 is 84.0. The van der Waals surface area contributed by atoms with Crippen molar-refractivity contribution >= 4 is 17.5 Å². The van der Waals surface area contributed by atoms with E-state index in [1.54, 1.807) is 0 Å². The molecule has 0 saturated carbocycles. The van der Waals surface area contributed by atoms with E-state index in [1.807, 2.05) is 30.3 Å². The van der Waals surface area contributed by atoms with Crippen molar-refractivity contribution in [3.63, 3.8) is 0 Å². The van der Waals surface area contributed by atoms with E-state index < -0.39 is 46.7 Å². The van der Waals surface area contributed by atoms with Crippen molar-refractivity contribution < 1.29 is 40.7 Å². The molecule has 0 bridgehead atoms. The molecule has 1 atom stereocenters. The van der Waals surface area contributed by atoms with Crippen molar-refractivity contribution in [3.8, 4) is 5.75 Å². The quantitative estimate of drug-likeness (QED) is 0.403. The van der Waals surface area contributed by atoms with Crippen LogP contribution in [0.25, 0.3) is 0 Å². The summed E-state index contributed by atoms with van der Waals surface area (Å²) >= 11 is 0. The molecule has 0 radical (unpaired) electrons. The summed E-state index contributed by atoms with van der Waals surface area (Å²) in [6.07, 6.45) is -7.83. The van der Waals surface area contributed by atoms with Crippen LogP contribution in [0.1, 0.15) is 24.0 Å². The molecular weight excluding hydrogens is 504 g/mol. The minimum absolute atomic E-state index is 0.0807. The maximum atomic E-state index is 13.2. The van der Waals surface area contributed by atoms with Crippen LogP contribution in [0.2, 0.25) is 0 Å². The number of rotatable bonds is 8. The van der Waals surface area contributed by atoms with Gasteiger partial charge in [0.15, 0.2) is 0 Å². The molecular formula is C25H21F6N3O3. The number of halogens is 6. The third-order valence-electron chi connectivity index (χ3n) is 6.04. The number of carbonyl (C=O) groups excluding carboxylic acids is 2. The van der Waals surface area contributed by atoms with E-state index in [0.29, 0.717) is 19.0 Å². The van der Waals surface area contributed by atoms with E-state index in [1.165, 1.54) is 0 Å². The number of hydrogen-bond donors (Lipinski definition) is 1. The zero-order valence-corrected chi connectivity index (χ0v) is 19.2. The average molecular weight is 525 g/mol. The molecule has 0 spiro atoms. The number of hydrogen-bond acceptors (Lipinski definition) is 4. The fourth-order valence-electron chi connectivity index (χ4n) is 3.96. The van der Waals surface area contributed by atoms with Crippen molar-refractivity contribution in [2.45, 2.75) is 37.3 Å². The number of nitrogens with zero attached hydrogens (tertiary/aromatic N) is 2. The number of amides is 2. The minimum atomic E-state index is -4.81. The highest BCUT2D eigenvalue weighted by atomic mass is 19.4. The Kier molecular flexibility index (Phi) is 7.03. The molecule has 2 aliphatic rings. The van der Waals surface area contributed by atoms with Gasteiger partial charge in [-0.3, -0.25) is 14.5 Å². The average Bonchev–Trinajstić information content (AvgIpc) is 2.78. The molecule has 1 unspecified atom stereocenters. The lowest BCUT2D eigenvalue weighted by atomic mass is 9.93. The first-order valence-electron chi connectivity index (χ1n) is 11.3. The number of aliphatic imine (C=N–C) groups is 1. The first-order chi connectivity index (χ1) is 17.4. The third-order valence-corrected chi connectivity index (χ3v) is 6.04. The van der Waals surface area contributed by atoms with Crippen LogP contribution in [0.15, 0.2) is 71.4 Å². The third kappa shape index (κ3) is 5.47. The van der Waals surface area contributed by atoms with E-state index in [2.05, 4.69) is 10.3 Å². The first-order valence-corrected chi connectivity index (χ1v) is 11.3. The Bertz CT molecular complexity index is 1220. The van der Waals surface area contributed by atoms with Crippen molar-refractivity contribution in [2.24, 2.45) is 4.99 Å². The summed E-state index contributed by atoms with van der Waals surface area (Å²) in [5.74, 6) is -2.11. The minimum Gasteiger partial charge on any atom is -0.458 e. The van der Waals surface area contributed by atoms with Gasteiger partial charge in [-0.1, -0.05) is 30.3 Å². The highest BCUT2D eigenvalue weighted by molar-refractivity contribution is 6.48. The van der Waals surface area contributed by atoms with Gasteiger partial charge in [-0.25, -0.2) is 4.99 Å². The molecule has 2 heterocycles. The summed E-state index contributed by atoms with van der Waals surface area (Å²) in [5.41, 5.74) is -4.05. The van der Waals surface area contributed by atoms with E-state index in [-0.39, 0.29) is 25.3 Å². The Labute approximate surface area is 207 Å². The van der Waals surface area contributed by atoms with Crippen LogP contribution in [0.4, 0.5) is 26.3 Å². The lowest BCUT2D eigenvalue weighted by molar-refractivity contribution is -0.188. The molecule has 2 aromatic rings. The standard InChI is InChI=1S/C25H21F6N3O3/c26-24(27,28)17-8-10-18(11-9-17)37-23(22(36)32-13-4-7-16-5-2-1-3-6-16)12-14-34(23)21(35)20-19(15-33-20)25(29,30)31/h1-3,5-6,8-11,15H,4,7,12-14H2,(H,32,36). The van der Waals surface area contributed by atoms with Crippen LogP contribution in [-0.4, -0.2) is 47.4 Å². The van der Waals surface area contributed by atoms with Crippen LogP contribution < -0.4 is 10.1 Å². The SMILES string of the molecule is O=C(C1=NC=C1C(F)(F)F)N1CCC1(Oc1ccc(C(F)(F)F)cc1)C(=O)NCCCc1ccccc1. The van der Waals surface area contributed by atoms with E-state index in [0.717, 1.165) is 34.7 Å². The van der Waals surface area contributed by atoms with Crippen molar-refractivity contribution in [3.05, 3.63) is 77.5 Å². The van der Waals surface area contributed by atoms with Crippen LogP contribution in [0, 0.1) is 0 Å². The van der Waals surface area contributed by atoms with Gasteiger partial charge in [-0.05, 0) is 42.7 Å². The smallest absolute Gasteiger partial charge is 0.420 e. The molecule has 2 amide bonds. The fraction of sp³-hybridized carbons (Fsp3) is 0.320. The number of benzene rings is 2. The normalized spacial score (nSPS) is 19.2. The molecule has 1 saturated heterocycles. The number of ether oxygens (including phenoxy) is 1. The molecule has 12 heteroatoms. The molecule has 0 aromatic heterocycles. The Morgan fingerprint density at radius 2 is 1.65 bits per heavy atom. The molecule has 2 aromatic carbocycles. The zero-order chi connectivity index (χ0) is 26.8. The molecule has 1 N–H and O–H groups in total. The van der Waals surface area contributed by atoms with Crippen LogP contribution in [0.3, 0.4) is 0 Å². The number of likely N-dealkylation sites (tertiary alicyclic amines) is 1. The van der Waals surface area contributed by atoms with Crippen molar-refractivity contribution in [1.29, 1.82) is 0 Å². The number of aryl methyl sites for hydroxylation is 1. The summed E-state index contributed by atoms with van der Waals surface area (Å²) in [5, 5.41) is 2.64. The fourth-order valence-corrected chi connectivity index (χ4v) is 3.96. The molecule has 0 aliphatic carbocycles. The lowest BCUT2D eigenvalue weighted by Gasteiger charge is -2.50. The molecule has 1 fully saturated rings. The Morgan fingerprint density at radius 1 is 0.973 bits per heavy atom. The predicted octanol–water partition coefficient (Wildman–Crippen LogP) is 4.66. The van der Waals surface area contributed by atoms with Gasteiger partial charge in [-0.2, -0.15) is 26.3 Å². The molecule has 4 rings (SSSR count). The van der Waals surface area contributed by atoms with Gasteiger partial charge in [0.1, 0.15) is 17.0 Å². The van der Waals surface area contributed by atoms with Gasteiger partial charge in [-0.15, -0.1) is 0 Å². The van der Waals surface area contributed by atoms with Crippen LogP contribution in [-0.2, 0) is 22.2 Å². The van der Waals surface area contributed by atoms with Crippen molar-refractivity contribution in [1.82, 2.24) is 10.2 Å². The Morgan fingerprint density at radius 3 is 2.16 bits per heavy atom. The summed E-state index contributed by atoms with van der Waals surface area (Å²) in [6.45, 7) is 0.0591. The second-order valence-corrected chi connectivity index (χ2v) is 8.48. The maximum absolute atomic E-state index is 13.2. The first kappa shape index (κ1) is 26.2. The van der Waals surface area contributed by atoms with Gasteiger partial charge in [0.25, 0.3) is 17.5 Å². The lowest BCUT2D eigenvalue weighted by Crippen LogP contribution is -2.73. The number of alkyl halides is 6. The van der Waals surface area contributed by atoms with E-state index in [4.69, 9.17) is 4.74 Å². The van der Waals surface area contributed by atoms with Gasteiger partial charge in [0, 0.05) is 25.7 Å². The number of carbonyl (C=O) groups is 2. The summed E-state index contributed by atoms with van der Waals surface area (Å²) in [4.78, 5) is 30.4. The Balaban J connectivity index is 1.51. The van der Waals surface area contributed by atoms with Crippen LogP contribution >= 0.6 is 0 Å². The van der Waals surface area contributed by atoms with Gasteiger partial charge >= 0.3 is 12.4 Å². The highest BCUT2D eigenvalue weighted by Gasteiger charge is 2.58. The second kappa shape index (κ2) is 9.91. The number of nitrogens with one attached hydrogen (secondary N) is 1. The highest BCUT2D eigenvalue weighted by Crippen LogP contribution is 2.39. The Hall–Kier alpha value is -3.83. The van der Waals surface area contributed by atoms with Crippen molar-refractivity contribution in [2.75, 3.05) is 13.1 Å². The molecule has 196 valence electrons. The van der Waals surface area contributed by atoms with Gasteiger partial charge < -0.3 is 10.1 Å². The van der Waals surface area contributed by atoms with E-state index >= 15 is 0 Å². The predicted molar refractivity (Wildman–Crippen MR) is 120 cm³/mol. The second-order valence-electron chi connectivity index (χ2n) is 8.48. The topological polar surface area (TPSA) is 71.0 Å². The summed E-state index contributed by atoms with van der Waals surface area (Å²) in [6, 6.07) is 12.9. The summed E-state index contributed by atoms with van der Waals surface area (Å²) in [7, 11) is 0. The monoisotopic (exact) mass is 525 g/mol. The van der Waals surface area contributed by atoms with Gasteiger partial charge in [0.05, 0.1) is 5.56 Å². The molecule has 2 aliphatic heterocycles. The molecule has 37 heavy (non-hydrogen) atoms.